The summed E-state index contributed by atoms with van der Waals surface area (Å²) in [5.41, 5.74) is 11.7. The van der Waals surface area contributed by atoms with Crippen molar-refractivity contribution in [3.63, 3.8) is 0 Å². The van der Waals surface area contributed by atoms with E-state index in [1.807, 2.05) is 115 Å². The van der Waals surface area contributed by atoms with Gasteiger partial charge in [0.05, 0.1) is 35.6 Å². The Labute approximate surface area is 301 Å². The van der Waals surface area contributed by atoms with Crippen molar-refractivity contribution in [2.24, 2.45) is 20.9 Å². The molecule has 6 nitrogen and oxygen atoms in total. The molecule has 0 saturated heterocycles. The number of aromatic amines is 1. The number of allylic oxidation sites excluding steroid dienone is 6. The van der Waals surface area contributed by atoms with Gasteiger partial charge in [0, 0.05) is 44.8 Å². The Kier molecular flexibility index (Phi) is 7.82. The molecule has 6 heteroatoms. The zero-order valence-corrected chi connectivity index (χ0v) is 28.3. The third-order valence-electron chi connectivity index (χ3n) is 9.69. The van der Waals surface area contributed by atoms with Gasteiger partial charge in [-0.05, 0) is 58.7 Å². The molecule has 0 spiro atoms. The number of rotatable bonds is 5. The number of esters is 1. The number of fused-ring (bicyclic) bond motifs is 6. The molecule has 4 aliphatic rings. The Morgan fingerprint density at radius 3 is 1.42 bits per heavy atom. The smallest absolute Gasteiger partial charge is 0.319 e. The number of benzene rings is 4. The van der Waals surface area contributed by atoms with Crippen LogP contribution in [0.3, 0.4) is 0 Å². The lowest BCUT2D eigenvalue weighted by atomic mass is 9.82. The fourth-order valence-electron chi connectivity index (χ4n) is 7.37. The summed E-state index contributed by atoms with van der Waals surface area (Å²) in [4.78, 5) is 33.5. The molecule has 1 unspecified atom stereocenters. The molecule has 1 aromatic heterocycles. The lowest BCUT2D eigenvalue weighted by Gasteiger charge is -2.21. The number of ether oxygens (including phenoxy) is 1. The molecule has 0 amide bonds. The van der Waals surface area contributed by atoms with Crippen molar-refractivity contribution in [2.75, 3.05) is 7.11 Å². The molecular formula is C46H32N4O2. The molecule has 248 valence electrons. The molecule has 9 rings (SSSR count). The van der Waals surface area contributed by atoms with E-state index in [1.54, 1.807) is 6.20 Å². The molecular weight excluding hydrogens is 641 g/mol. The van der Waals surface area contributed by atoms with Crippen molar-refractivity contribution in [3.05, 3.63) is 214 Å². The van der Waals surface area contributed by atoms with Gasteiger partial charge in [-0.2, -0.15) is 0 Å². The fourth-order valence-corrected chi connectivity index (χ4v) is 7.37. The normalized spacial score (nSPS) is 17.7. The predicted octanol–water partition coefficient (Wildman–Crippen LogP) is 7.40. The number of H-pyrrole nitrogens is 1. The molecule has 1 atom stereocenters. The SMILES string of the molecule is COC(=O)C1C2=CN=C1C(c1ccccc1)=C1C=CC(=N1)C(c1ccccc1)=c1ccc([nH]1)=C(c1ccccc1)C1=NC(=C2c2ccccc2)C=C1. The summed E-state index contributed by atoms with van der Waals surface area (Å²) in [6, 6.07) is 44.9. The summed E-state index contributed by atoms with van der Waals surface area (Å²) < 4.78 is 5.54. The van der Waals surface area contributed by atoms with Crippen molar-refractivity contribution in [2.45, 2.75) is 0 Å². The summed E-state index contributed by atoms with van der Waals surface area (Å²) in [5.74, 6) is -1.24. The number of carbonyl (C=O) groups is 1. The third kappa shape index (κ3) is 5.38. The number of aromatic nitrogens is 1. The van der Waals surface area contributed by atoms with Gasteiger partial charge in [-0.15, -0.1) is 0 Å². The highest BCUT2D eigenvalue weighted by Crippen LogP contribution is 2.42. The molecule has 8 bridgehead atoms. The van der Waals surface area contributed by atoms with Gasteiger partial charge in [-0.3, -0.25) is 9.79 Å². The molecule has 1 N–H and O–H groups in total. The number of aliphatic imine (C=N–C) groups is 3. The fraction of sp³-hybridized carbons (Fsp3) is 0.0435. The van der Waals surface area contributed by atoms with Crippen LogP contribution in [0.25, 0.3) is 22.3 Å². The highest BCUT2D eigenvalue weighted by Gasteiger charge is 2.39. The maximum absolute atomic E-state index is 14.1. The average Bonchev–Trinajstić information content (AvgIpc) is 4.04. The van der Waals surface area contributed by atoms with E-state index in [-0.39, 0.29) is 0 Å². The van der Waals surface area contributed by atoms with Crippen LogP contribution in [-0.4, -0.2) is 35.2 Å². The first-order valence-corrected chi connectivity index (χ1v) is 17.2. The van der Waals surface area contributed by atoms with Crippen LogP contribution in [0.1, 0.15) is 22.3 Å². The molecule has 5 heterocycles. The predicted molar refractivity (Wildman–Crippen MR) is 209 cm³/mol. The lowest BCUT2D eigenvalue weighted by Crippen LogP contribution is -2.27. The maximum atomic E-state index is 14.1. The van der Waals surface area contributed by atoms with Crippen LogP contribution in [-0.2, 0) is 9.53 Å². The Hall–Kier alpha value is -6.92. The van der Waals surface area contributed by atoms with Gasteiger partial charge in [-0.1, -0.05) is 121 Å². The van der Waals surface area contributed by atoms with E-state index >= 15 is 0 Å². The van der Waals surface area contributed by atoms with E-state index in [0.717, 1.165) is 72.4 Å². The second kappa shape index (κ2) is 13.1. The maximum Gasteiger partial charge on any atom is 0.319 e. The summed E-state index contributed by atoms with van der Waals surface area (Å²) in [5, 5.41) is 1.85. The molecule has 0 radical (unpaired) electrons. The zero-order valence-electron chi connectivity index (χ0n) is 28.3. The molecule has 0 aliphatic carbocycles. The minimum absolute atomic E-state index is 0.408. The topological polar surface area (TPSA) is 79.2 Å². The van der Waals surface area contributed by atoms with E-state index < -0.39 is 11.9 Å². The molecule has 4 aromatic carbocycles. The Bertz CT molecular complexity index is 2460. The minimum atomic E-state index is -0.831. The lowest BCUT2D eigenvalue weighted by molar-refractivity contribution is -0.141. The highest BCUT2D eigenvalue weighted by molar-refractivity contribution is 6.36. The van der Waals surface area contributed by atoms with Gasteiger partial charge >= 0.3 is 5.97 Å². The minimum Gasteiger partial charge on any atom is -0.468 e. The van der Waals surface area contributed by atoms with Crippen LogP contribution < -0.4 is 10.7 Å². The van der Waals surface area contributed by atoms with E-state index in [2.05, 4.69) is 47.5 Å². The van der Waals surface area contributed by atoms with Crippen LogP contribution in [0.15, 0.2) is 196 Å². The van der Waals surface area contributed by atoms with Crippen molar-refractivity contribution < 1.29 is 9.53 Å². The van der Waals surface area contributed by atoms with E-state index in [0.29, 0.717) is 17.0 Å². The summed E-state index contributed by atoms with van der Waals surface area (Å²) >= 11 is 0. The van der Waals surface area contributed by atoms with Gasteiger partial charge in [0.25, 0.3) is 0 Å². The quantitative estimate of drug-likeness (QED) is 0.198. The first kappa shape index (κ1) is 31.1. The van der Waals surface area contributed by atoms with Crippen LogP contribution >= 0.6 is 0 Å². The van der Waals surface area contributed by atoms with Gasteiger partial charge < -0.3 is 9.72 Å². The summed E-state index contributed by atoms with van der Waals surface area (Å²) in [6.45, 7) is 0. The van der Waals surface area contributed by atoms with Crippen molar-refractivity contribution in [3.8, 4) is 0 Å². The Morgan fingerprint density at radius 1 is 0.538 bits per heavy atom. The molecule has 52 heavy (non-hydrogen) atoms. The molecule has 0 saturated carbocycles. The number of carbonyl (C=O) groups excluding carboxylic acids is 1. The first-order chi connectivity index (χ1) is 25.7. The Balaban J connectivity index is 1.42. The monoisotopic (exact) mass is 672 g/mol. The second-order valence-electron chi connectivity index (χ2n) is 12.7. The Morgan fingerprint density at radius 2 is 0.962 bits per heavy atom. The van der Waals surface area contributed by atoms with Gasteiger partial charge in [0.1, 0.15) is 5.92 Å². The largest absolute Gasteiger partial charge is 0.468 e. The van der Waals surface area contributed by atoms with Crippen LogP contribution in [0.5, 0.6) is 0 Å². The summed E-state index contributed by atoms with van der Waals surface area (Å²) in [7, 11) is 1.43. The number of methoxy groups -OCH3 is 1. The third-order valence-corrected chi connectivity index (χ3v) is 9.69. The van der Waals surface area contributed by atoms with Crippen molar-refractivity contribution >= 4 is 45.4 Å². The molecule has 0 fully saturated rings. The summed E-state index contributed by atoms with van der Waals surface area (Å²) in [6.07, 6.45) is 9.95. The number of hydrogen-bond donors (Lipinski definition) is 1. The first-order valence-electron chi connectivity index (χ1n) is 17.2. The van der Waals surface area contributed by atoms with Crippen LogP contribution in [0.4, 0.5) is 0 Å². The van der Waals surface area contributed by atoms with E-state index in [4.69, 9.17) is 19.7 Å². The van der Waals surface area contributed by atoms with Gasteiger partial charge in [-0.25, -0.2) is 9.98 Å². The average molecular weight is 673 g/mol. The highest BCUT2D eigenvalue weighted by atomic mass is 16.5. The number of nitrogens with one attached hydrogen (secondary N) is 1. The zero-order chi connectivity index (χ0) is 35.0. The standard InChI is InChI=1S/C46H32N4O2/c1-52-46(51)44-33-28-47-45(44)43(32-20-12-5-13-21-32)39-27-26-38(50-39)42(31-18-10-4-11-19-31)37-25-24-36(49-37)41(30-16-8-3-9-17-30)35-23-22-34(48-35)40(33)29-14-6-2-7-15-29/h2-28,44,49H,1H3. The van der Waals surface area contributed by atoms with Crippen LogP contribution in [0.2, 0.25) is 0 Å². The van der Waals surface area contributed by atoms with Crippen molar-refractivity contribution in [1.82, 2.24) is 4.98 Å². The molecule has 4 aliphatic heterocycles. The van der Waals surface area contributed by atoms with Crippen LogP contribution in [0, 0.1) is 5.92 Å². The van der Waals surface area contributed by atoms with Gasteiger partial charge in [0.2, 0.25) is 0 Å². The van der Waals surface area contributed by atoms with E-state index in [1.165, 1.54) is 7.11 Å². The van der Waals surface area contributed by atoms with Gasteiger partial charge in [0.15, 0.2) is 0 Å². The number of hydrogen-bond acceptors (Lipinski definition) is 5. The van der Waals surface area contributed by atoms with Crippen molar-refractivity contribution in [1.29, 1.82) is 0 Å². The molecule has 5 aromatic rings. The van der Waals surface area contributed by atoms with E-state index in [9.17, 15) is 4.79 Å². The second-order valence-corrected chi connectivity index (χ2v) is 12.7. The number of nitrogens with zero attached hydrogens (tertiary/aromatic N) is 3.